The number of benzene rings is 1. The number of carbonyl (C=O) groups excluding carboxylic acids is 1. The van der Waals surface area contributed by atoms with Gasteiger partial charge >= 0.3 is 0 Å². The number of aromatic hydroxyl groups is 1. The number of hydrogen-bond acceptors (Lipinski definition) is 2. The topological polar surface area (TPSA) is 37.3 Å². The van der Waals surface area contributed by atoms with Gasteiger partial charge in [0.25, 0.3) is 0 Å². The highest BCUT2D eigenvalue weighted by Crippen LogP contribution is 2.28. The molecule has 0 fully saturated rings. The molecule has 0 aromatic heterocycles. The van der Waals surface area contributed by atoms with E-state index in [0.29, 0.717) is 12.0 Å². The molecular weight excluding hydrogens is 260 g/mol. The highest BCUT2D eigenvalue weighted by Gasteiger charge is 2.12. The first-order valence-corrected chi connectivity index (χ1v) is 7.55. The molecule has 3 heteroatoms. The molecule has 1 rings (SSSR count). The third-order valence-electron chi connectivity index (χ3n) is 3.29. The second-order valence-corrected chi connectivity index (χ2v) is 5.34. The second kappa shape index (κ2) is 8.98. The summed E-state index contributed by atoms with van der Waals surface area (Å²) in [4.78, 5) is 11.9. The fourth-order valence-corrected chi connectivity index (χ4v) is 2.29. The van der Waals surface area contributed by atoms with Crippen LogP contribution in [0.25, 0.3) is 0 Å². The smallest absolute Gasteiger partial charge is 0.166 e. The number of para-hydroxylation sites is 1. The molecule has 0 atom stereocenters. The lowest BCUT2D eigenvalue weighted by atomic mass is 10.0. The molecule has 19 heavy (non-hydrogen) atoms. The summed E-state index contributed by atoms with van der Waals surface area (Å²) >= 11 is 5.79. The second-order valence-electron chi connectivity index (χ2n) is 4.93. The van der Waals surface area contributed by atoms with Crippen LogP contribution in [-0.4, -0.2) is 10.9 Å². The van der Waals surface area contributed by atoms with Crippen molar-refractivity contribution in [3.63, 3.8) is 0 Å². The Bertz CT molecular complexity index is 402. The van der Waals surface area contributed by atoms with Crippen LogP contribution in [0.2, 0.25) is 5.02 Å². The van der Waals surface area contributed by atoms with Gasteiger partial charge in [-0.15, -0.1) is 0 Å². The molecule has 0 saturated heterocycles. The minimum atomic E-state index is -0.0860. The van der Waals surface area contributed by atoms with E-state index in [-0.39, 0.29) is 16.6 Å². The van der Waals surface area contributed by atoms with E-state index < -0.39 is 0 Å². The van der Waals surface area contributed by atoms with Gasteiger partial charge in [0.2, 0.25) is 0 Å². The zero-order valence-electron chi connectivity index (χ0n) is 11.6. The Morgan fingerprint density at radius 2 is 1.74 bits per heavy atom. The fourth-order valence-electron chi connectivity index (χ4n) is 2.12. The quantitative estimate of drug-likeness (QED) is 0.488. The Morgan fingerprint density at radius 3 is 2.42 bits per heavy atom. The van der Waals surface area contributed by atoms with E-state index in [1.165, 1.54) is 32.1 Å². The number of Topliss-reactive ketones (excluding diaryl/α,β-unsaturated/α-hetero) is 1. The van der Waals surface area contributed by atoms with E-state index in [0.717, 1.165) is 12.8 Å². The Balaban J connectivity index is 2.26. The van der Waals surface area contributed by atoms with Gasteiger partial charge in [0.1, 0.15) is 5.75 Å². The van der Waals surface area contributed by atoms with Gasteiger partial charge in [0, 0.05) is 6.42 Å². The molecule has 0 amide bonds. The number of ketones is 1. The lowest BCUT2D eigenvalue weighted by molar-refractivity contribution is 0.0976. The number of phenolic OH excluding ortho intramolecular Hbond substituents is 1. The zero-order chi connectivity index (χ0) is 14.1. The first-order chi connectivity index (χ1) is 9.16. The minimum Gasteiger partial charge on any atom is -0.506 e. The maximum atomic E-state index is 11.9. The standard InChI is InChI=1S/C16H23ClO2/c1-2-3-4-5-6-7-8-12-15(18)13-10-9-11-14(17)16(13)19/h9-11,19H,2-8,12H2,1H3. The summed E-state index contributed by atoms with van der Waals surface area (Å²) in [7, 11) is 0. The first kappa shape index (κ1) is 16.0. The first-order valence-electron chi connectivity index (χ1n) is 7.17. The van der Waals surface area contributed by atoms with E-state index >= 15 is 0 Å². The lowest BCUT2D eigenvalue weighted by Gasteiger charge is -2.05. The van der Waals surface area contributed by atoms with Crippen molar-refractivity contribution in [2.75, 3.05) is 0 Å². The molecule has 0 bridgehead atoms. The van der Waals surface area contributed by atoms with Crippen molar-refractivity contribution in [1.82, 2.24) is 0 Å². The summed E-state index contributed by atoms with van der Waals surface area (Å²) in [6.07, 6.45) is 8.75. The summed E-state index contributed by atoms with van der Waals surface area (Å²) in [5.74, 6) is -0.106. The molecule has 106 valence electrons. The van der Waals surface area contributed by atoms with Gasteiger partial charge in [-0.1, -0.05) is 63.1 Å². The Kier molecular flexibility index (Phi) is 7.57. The van der Waals surface area contributed by atoms with Crippen molar-refractivity contribution in [3.05, 3.63) is 28.8 Å². The fraction of sp³-hybridized carbons (Fsp3) is 0.562. The summed E-state index contributed by atoms with van der Waals surface area (Å²) in [6, 6.07) is 4.91. The van der Waals surface area contributed by atoms with Crippen LogP contribution in [0.4, 0.5) is 0 Å². The molecule has 0 aliphatic heterocycles. The number of carbonyl (C=O) groups is 1. The molecule has 1 aromatic carbocycles. The van der Waals surface area contributed by atoms with Crippen molar-refractivity contribution in [2.45, 2.75) is 58.3 Å². The molecule has 0 saturated carbocycles. The third-order valence-corrected chi connectivity index (χ3v) is 3.60. The molecule has 1 aromatic rings. The maximum Gasteiger partial charge on any atom is 0.166 e. The third kappa shape index (κ3) is 5.65. The molecule has 2 nitrogen and oxygen atoms in total. The van der Waals surface area contributed by atoms with Crippen LogP contribution < -0.4 is 0 Å². The summed E-state index contributed by atoms with van der Waals surface area (Å²) in [6.45, 7) is 2.20. The molecule has 0 aliphatic carbocycles. The van der Waals surface area contributed by atoms with Crippen LogP contribution in [0.3, 0.4) is 0 Å². The van der Waals surface area contributed by atoms with Crippen molar-refractivity contribution < 1.29 is 9.90 Å². The highest BCUT2D eigenvalue weighted by atomic mass is 35.5. The van der Waals surface area contributed by atoms with Gasteiger partial charge in [0.05, 0.1) is 10.6 Å². The maximum absolute atomic E-state index is 11.9. The number of hydrogen-bond donors (Lipinski definition) is 1. The minimum absolute atomic E-state index is 0.0199. The van der Waals surface area contributed by atoms with Crippen LogP contribution in [0.15, 0.2) is 18.2 Å². The van der Waals surface area contributed by atoms with Crippen LogP contribution in [-0.2, 0) is 0 Å². The van der Waals surface area contributed by atoms with Gasteiger partial charge in [-0.25, -0.2) is 0 Å². The lowest BCUT2D eigenvalue weighted by Crippen LogP contribution is -1.99. The molecule has 0 unspecified atom stereocenters. The average molecular weight is 283 g/mol. The number of phenols is 1. The zero-order valence-corrected chi connectivity index (χ0v) is 12.4. The van der Waals surface area contributed by atoms with Gasteiger partial charge in [-0.05, 0) is 18.6 Å². The van der Waals surface area contributed by atoms with Crippen LogP contribution in [0.1, 0.15) is 68.6 Å². The van der Waals surface area contributed by atoms with E-state index in [1.807, 2.05) is 0 Å². The number of halogens is 1. The normalized spacial score (nSPS) is 10.6. The average Bonchev–Trinajstić information content (AvgIpc) is 2.40. The van der Waals surface area contributed by atoms with Crippen molar-refractivity contribution >= 4 is 17.4 Å². The monoisotopic (exact) mass is 282 g/mol. The largest absolute Gasteiger partial charge is 0.506 e. The van der Waals surface area contributed by atoms with Gasteiger partial charge < -0.3 is 5.11 Å². The van der Waals surface area contributed by atoms with Crippen LogP contribution in [0.5, 0.6) is 5.75 Å². The number of unbranched alkanes of at least 4 members (excludes halogenated alkanes) is 6. The van der Waals surface area contributed by atoms with Gasteiger partial charge in [0.15, 0.2) is 5.78 Å². The van der Waals surface area contributed by atoms with Crippen molar-refractivity contribution in [1.29, 1.82) is 0 Å². The van der Waals surface area contributed by atoms with Gasteiger partial charge in [-0.3, -0.25) is 4.79 Å². The van der Waals surface area contributed by atoms with Gasteiger partial charge in [-0.2, -0.15) is 0 Å². The molecule has 0 heterocycles. The molecule has 0 aliphatic rings. The van der Waals surface area contributed by atoms with E-state index in [1.54, 1.807) is 18.2 Å². The highest BCUT2D eigenvalue weighted by molar-refractivity contribution is 6.32. The van der Waals surface area contributed by atoms with Crippen molar-refractivity contribution in [2.24, 2.45) is 0 Å². The van der Waals surface area contributed by atoms with E-state index in [4.69, 9.17) is 11.6 Å². The van der Waals surface area contributed by atoms with E-state index in [2.05, 4.69) is 6.92 Å². The summed E-state index contributed by atoms with van der Waals surface area (Å²) in [5.41, 5.74) is 0.346. The molecule has 1 N–H and O–H groups in total. The van der Waals surface area contributed by atoms with Crippen molar-refractivity contribution in [3.8, 4) is 5.75 Å². The SMILES string of the molecule is CCCCCCCCCC(=O)c1cccc(Cl)c1O. The van der Waals surface area contributed by atoms with Crippen LogP contribution in [0, 0.1) is 0 Å². The van der Waals surface area contributed by atoms with E-state index in [9.17, 15) is 9.90 Å². The summed E-state index contributed by atoms with van der Waals surface area (Å²) in [5, 5.41) is 9.96. The Labute approximate surface area is 120 Å². The predicted molar refractivity (Wildman–Crippen MR) is 80.1 cm³/mol. The number of rotatable bonds is 9. The Hall–Kier alpha value is -1.02. The predicted octanol–water partition coefficient (Wildman–Crippen LogP) is 5.37. The van der Waals surface area contributed by atoms with Crippen LogP contribution >= 0.6 is 11.6 Å². The summed E-state index contributed by atoms with van der Waals surface area (Å²) < 4.78 is 0. The Morgan fingerprint density at radius 1 is 1.11 bits per heavy atom. The molecule has 0 radical (unpaired) electrons. The molecule has 0 spiro atoms. The molecular formula is C16H23ClO2.